The molecular weight excluding hydrogens is 408 g/mol. The molecule has 0 aliphatic heterocycles. The van der Waals surface area contributed by atoms with Crippen molar-refractivity contribution in [3.63, 3.8) is 0 Å². The van der Waals surface area contributed by atoms with Gasteiger partial charge in [0, 0.05) is 19.0 Å². The molecule has 0 aliphatic rings. The second-order valence-electron chi connectivity index (χ2n) is 6.66. The first kappa shape index (κ1) is 21.4. The van der Waals surface area contributed by atoms with Crippen LogP contribution in [0, 0.1) is 0 Å². The molecule has 3 rings (SSSR count). The Balaban J connectivity index is 1.54. The van der Waals surface area contributed by atoms with Crippen molar-refractivity contribution in [3.05, 3.63) is 53.0 Å². The Morgan fingerprint density at radius 1 is 1.40 bits per heavy atom. The molecule has 30 heavy (non-hydrogen) atoms. The van der Waals surface area contributed by atoms with E-state index in [2.05, 4.69) is 20.5 Å². The minimum Gasteiger partial charge on any atom is -0.493 e. The number of H-pyrrole nitrogens is 1. The molecule has 2 N–H and O–H groups in total. The molecule has 0 spiro atoms. The molecule has 0 radical (unpaired) electrons. The summed E-state index contributed by atoms with van der Waals surface area (Å²) in [6.45, 7) is 4.22. The highest BCUT2D eigenvalue weighted by Gasteiger charge is 2.13. The molecule has 3 aromatic rings. The summed E-state index contributed by atoms with van der Waals surface area (Å²) in [4.78, 5) is 16.4. The van der Waals surface area contributed by atoms with Crippen LogP contribution in [0.3, 0.4) is 0 Å². The van der Waals surface area contributed by atoms with Crippen LogP contribution in [-0.2, 0) is 11.2 Å². The number of nitrogens with zero attached hydrogens (tertiary/aromatic N) is 2. The van der Waals surface area contributed by atoms with Crippen LogP contribution >= 0.6 is 11.6 Å². The van der Waals surface area contributed by atoms with Crippen LogP contribution in [-0.4, -0.2) is 40.8 Å². The van der Waals surface area contributed by atoms with Crippen molar-refractivity contribution in [1.29, 1.82) is 0 Å². The Morgan fingerprint density at radius 2 is 2.23 bits per heavy atom. The Hall–Kier alpha value is -3.26. The number of ether oxygens (including phenoxy) is 2. The van der Waals surface area contributed by atoms with Crippen molar-refractivity contribution >= 4 is 23.6 Å². The first-order valence-electron chi connectivity index (χ1n) is 9.41. The third-order valence-corrected chi connectivity index (χ3v) is 4.25. The number of hydrogen-bond donors (Lipinski definition) is 2. The SMILES string of the molecule is COc1cc(C=CC(=O)NCCc2nc(-c3ccco3)n[nH]2)cc(Cl)c1OC(C)C. The first-order valence-corrected chi connectivity index (χ1v) is 9.79. The minimum atomic E-state index is -0.238. The van der Waals surface area contributed by atoms with Gasteiger partial charge < -0.3 is 19.2 Å². The highest BCUT2D eigenvalue weighted by molar-refractivity contribution is 6.32. The predicted molar refractivity (Wildman–Crippen MR) is 114 cm³/mol. The van der Waals surface area contributed by atoms with E-state index >= 15 is 0 Å². The summed E-state index contributed by atoms with van der Waals surface area (Å²) in [5, 5.41) is 10.1. The molecule has 0 fully saturated rings. The molecule has 0 saturated heterocycles. The van der Waals surface area contributed by atoms with Crippen LogP contribution in [0.2, 0.25) is 5.02 Å². The summed E-state index contributed by atoms with van der Waals surface area (Å²) < 4.78 is 16.3. The molecule has 0 saturated carbocycles. The molecule has 9 heteroatoms. The van der Waals surface area contributed by atoms with E-state index in [1.807, 2.05) is 13.8 Å². The predicted octanol–water partition coefficient (Wildman–Crippen LogP) is 3.89. The molecular formula is C21H23ClN4O4. The number of aromatic nitrogens is 3. The van der Waals surface area contributed by atoms with Crippen LogP contribution in [0.1, 0.15) is 25.2 Å². The molecule has 1 aromatic carbocycles. The number of aromatic amines is 1. The van der Waals surface area contributed by atoms with Gasteiger partial charge in [-0.05, 0) is 49.8 Å². The molecule has 2 heterocycles. The fraction of sp³-hybridized carbons (Fsp3) is 0.286. The summed E-state index contributed by atoms with van der Waals surface area (Å²) in [6, 6.07) is 7.03. The lowest BCUT2D eigenvalue weighted by Gasteiger charge is -2.15. The lowest BCUT2D eigenvalue weighted by atomic mass is 10.2. The van der Waals surface area contributed by atoms with Crippen LogP contribution in [0.4, 0.5) is 0 Å². The van der Waals surface area contributed by atoms with Gasteiger partial charge >= 0.3 is 0 Å². The number of carbonyl (C=O) groups excluding carboxylic acids is 1. The summed E-state index contributed by atoms with van der Waals surface area (Å²) in [5.41, 5.74) is 0.724. The number of methoxy groups -OCH3 is 1. The molecule has 1 amide bonds. The van der Waals surface area contributed by atoms with Crippen LogP contribution in [0.25, 0.3) is 17.7 Å². The van der Waals surface area contributed by atoms with Gasteiger partial charge in [0.15, 0.2) is 17.3 Å². The van der Waals surface area contributed by atoms with Gasteiger partial charge in [-0.25, -0.2) is 4.98 Å². The second kappa shape index (κ2) is 9.98. The fourth-order valence-corrected chi connectivity index (χ4v) is 2.91. The average molecular weight is 431 g/mol. The number of nitrogens with one attached hydrogen (secondary N) is 2. The number of hydrogen-bond acceptors (Lipinski definition) is 6. The zero-order valence-electron chi connectivity index (χ0n) is 16.9. The van der Waals surface area contributed by atoms with Gasteiger partial charge in [0.2, 0.25) is 11.7 Å². The fourth-order valence-electron chi connectivity index (χ4n) is 2.64. The van der Waals surface area contributed by atoms with E-state index in [1.165, 1.54) is 6.08 Å². The smallest absolute Gasteiger partial charge is 0.244 e. The number of benzene rings is 1. The largest absolute Gasteiger partial charge is 0.493 e. The number of furan rings is 1. The van der Waals surface area contributed by atoms with Gasteiger partial charge in [-0.1, -0.05) is 11.6 Å². The van der Waals surface area contributed by atoms with E-state index in [0.29, 0.717) is 46.9 Å². The quantitative estimate of drug-likeness (QED) is 0.499. The number of carbonyl (C=O) groups is 1. The van der Waals surface area contributed by atoms with Gasteiger partial charge in [-0.2, -0.15) is 5.10 Å². The van der Waals surface area contributed by atoms with Crippen LogP contribution < -0.4 is 14.8 Å². The van der Waals surface area contributed by atoms with Crippen LogP contribution in [0.5, 0.6) is 11.5 Å². The summed E-state index contributed by atoms with van der Waals surface area (Å²) in [7, 11) is 1.54. The molecule has 0 atom stereocenters. The molecule has 0 bridgehead atoms. The lowest BCUT2D eigenvalue weighted by molar-refractivity contribution is -0.116. The zero-order chi connectivity index (χ0) is 21.5. The lowest BCUT2D eigenvalue weighted by Crippen LogP contribution is -2.23. The Bertz CT molecular complexity index is 1010. The third kappa shape index (κ3) is 5.64. The molecule has 0 unspecified atom stereocenters. The topological polar surface area (TPSA) is 102 Å². The number of rotatable bonds is 9. The Labute approximate surface area is 179 Å². The Kier molecular flexibility index (Phi) is 7.13. The zero-order valence-corrected chi connectivity index (χ0v) is 17.7. The van der Waals surface area contributed by atoms with Crippen molar-refractivity contribution in [2.24, 2.45) is 0 Å². The van der Waals surface area contributed by atoms with E-state index in [-0.39, 0.29) is 12.0 Å². The summed E-state index contributed by atoms with van der Waals surface area (Å²) in [6.07, 6.45) is 5.12. The maximum atomic E-state index is 12.1. The van der Waals surface area contributed by atoms with Gasteiger partial charge in [0.25, 0.3) is 0 Å². The normalized spacial score (nSPS) is 11.2. The monoisotopic (exact) mass is 430 g/mol. The van der Waals surface area contributed by atoms with Gasteiger partial charge in [-0.15, -0.1) is 0 Å². The van der Waals surface area contributed by atoms with Gasteiger partial charge in [-0.3, -0.25) is 9.89 Å². The average Bonchev–Trinajstić information content (AvgIpc) is 3.39. The van der Waals surface area contributed by atoms with Crippen molar-refractivity contribution in [1.82, 2.24) is 20.5 Å². The van der Waals surface area contributed by atoms with Crippen molar-refractivity contribution in [2.45, 2.75) is 26.4 Å². The third-order valence-electron chi connectivity index (χ3n) is 3.97. The standard InChI is InChI=1S/C21H23ClN4O4/c1-13(2)30-20-15(22)11-14(12-17(20)28-3)6-7-19(27)23-9-8-18-24-21(26-25-18)16-5-4-10-29-16/h4-7,10-13H,8-9H2,1-3H3,(H,23,27)(H,24,25,26). The molecule has 0 aliphatic carbocycles. The van der Waals surface area contributed by atoms with E-state index < -0.39 is 0 Å². The van der Waals surface area contributed by atoms with E-state index in [1.54, 1.807) is 43.7 Å². The number of amides is 1. The second-order valence-corrected chi connectivity index (χ2v) is 7.07. The van der Waals surface area contributed by atoms with Gasteiger partial charge in [0.1, 0.15) is 5.82 Å². The van der Waals surface area contributed by atoms with E-state index in [9.17, 15) is 4.79 Å². The summed E-state index contributed by atoms with van der Waals surface area (Å²) in [5.74, 6) is 2.48. The molecule has 158 valence electrons. The number of halogens is 1. The highest BCUT2D eigenvalue weighted by Crippen LogP contribution is 2.37. The minimum absolute atomic E-state index is 0.0388. The van der Waals surface area contributed by atoms with E-state index in [0.717, 1.165) is 5.56 Å². The van der Waals surface area contributed by atoms with Crippen molar-refractivity contribution < 1.29 is 18.7 Å². The maximum Gasteiger partial charge on any atom is 0.244 e. The van der Waals surface area contributed by atoms with Gasteiger partial charge in [0.05, 0.1) is 24.5 Å². The summed E-state index contributed by atoms with van der Waals surface area (Å²) >= 11 is 6.30. The Morgan fingerprint density at radius 3 is 2.93 bits per heavy atom. The maximum absolute atomic E-state index is 12.1. The van der Waals surface area contributed by atoms with E-state index in [4.69, 9.17) is 25.5 Å². The highest BCUT2D eigenvalue weighted by atomic mass is 35.5. The molecule has 2 aromatic heterocycles. The van der Waals surface area contributed by atoms with Crippen molar-refractivity contribution in [3.8, 4) is 23.1 Å². The first-order chi connectivity index (χ1) is 14.5. The molecule has 8 nitrogen and oxygen atoms in total. The van der Waals surface area contributed by atoms with Crippen molar-refractivity contribution in [2.75, 3.05) is 13.7 Å². The van der Waals surface area contributed by atoms with Crippen LogP contribution in [0.15, 0.2) is 41.0 Å².